The Bertz CT molecular complexity index is 737. The molecule has 7 heteroatoms. The van der Waals surface area contributed by atoms with Gasteiger partial charge in [0.05, 0.1) is 7.11 Å². The van der Waals surface area contributed by atoms with Gasteiger partial charge in [0.15, 0.2) is 0 Å². The summed E-state index contributed by atoms with van der Waals surface area (Å²) < 4.78 is 6.82. The maximum absolute atomic E-state index is 12.6. The summed E-state index contributed by atoms with van der Waals surface area (Å²) >= 11 is 0. The van der Waals surface area contributed by atoms with Crippen molar-refractivity contribution in [3.63, 3.8) is 0 Å². The maximum atomic E-state index is 12.6. The molecule has 1 atom stereocenters. The van der Waals surface area contributed by atoms with Gasteiger partial charge in [-0.2, -0.15) is 5.10 Å². The first kappa shape index (κ1) is 17.0. The molecule has 25 heavy (non-hydrogen) atoms. The number of aromatic nitrogens is 2. The Morgan fingerprint density at radius 2 is 1.84 bits per heavy atom. The lowest BCUT2D eigenvalue weighted by Crippen LogP contribution is -2.51. The number of rotatable bonds is 4. The number of ether oxygens (including phenoxy) is 1. The highest BCUT2D eigenvalue weighted by Gasteiger charge is 2.28. The standard InChI is InChI=1S/C18H22N4O3/c1-14(22-8-4-7-19-22)17(23)20-9-11-21(12-10-20)18(24)15-5-3-6-16(13-15)25-2/h3-8,13-14H,9-12H2,1-2H3/t14-/m1/s1. The molecular formula is C18H22N4O3. The fraction of sp³-hybridized carbons (Fsp3) is 0.389. The van der Waals surface area contributed by atoms with Gasteiger partial charge in [-0.15, -0.1) is 0 Å². The summed E-state index contributed by atoms with van der Waals surface area (Å²) in [6.07, 6.45) is 3.44. The molecular weight excluding hydrogens is 320 g/mol. The lowest BCUT2D eigenvalue weighted by Gasteiger charge is -2.36. The lowest BCUT2D eigenvalue weighted by atomic mass is 10.1. The molecule has 1 fully saturated rings. The second kappa shape index (κ2) is 7.38. The van der Waals surface area contributed by atoms with Crippen molar-refractivity contribution in [2.45, 2.75) is 13.0 Å². The second-order valence-corrected chi connectivity index (χ2v) is 6.01. The van der Waals surface area contributed by atoms with Crippen LogP contribution in [0.4, 0.5) is 0 Å². The molecule has 0 aliphatic carbocycles. The van der Waals surface area contributed by atoms with Gasteiger partial charge in [-0.05, 0) is 31.2 Å². The third kappa shape index (κ3) is 3.65. The Kier molecular flexibility index (Phi) is 5.02. The van der Waals surface area contributed by atoms with Gasteiger partial charge in [0, 0.05) is 44.1 Å². The summed E-state index contributed by atoms with van der Waals surface area (Å²) in [5.41, 5.74) is 0.601. The molecule has 2 heterocycles. The number of carbonyl (C=O) groups excluding carboxylic acids is 2. The van der Waals surface area contributed by atoms with Crippen molar-refractivity contribution in [2.75, 3.05) is 33.3 Å². The first-order valence-corrected chi connectivity index (χ1v) is 8.31. The van der Waals surface area contributed by atoms with Crippen molar-refractivity contribution in [1.29, 1.82) is 0 Å². The Morgan fingerprint density at radius 1 is 1.12 bits per heavy atom. The predicted octanol–water partition coefficient (Wildman–Crippen LogP) is 1.44. The number of hydrogen-bond acceptors (Lipinski definition) is 4. The Labute approximate surface area is 146 Å². The summed E-state index contributed by atoms with van der Waals surface area (Å²) in [5.74, 6) is 0.649. The molecule has 0 N–H and O–H groups in total. The monoisotopic (exact) mass is 342 g/mol. The molecule has 7 nitrogen and oxygen atoms in total. The van der Waals surface area contributed by atoms with Gasteiger partial charge in [-0.3, -0.25) is 14.3 Å². The van der Waals surface area contributed by atoms with Crippen molar-refractivity contribution in [1.82, 2.24) is 19.6 Å². The van der Waals surface area contributed by atoms with E-state index in [-0.39, 0.29) is 17.9 Å². The fourth-order valence-corrected chi connectivity index (χ4v) is 2.96. The number of benzene rings is 1. The number of nitrogens with zero attached hydrogens (tertiary/aromatic N) is 4. The van der Waals surface area contributed by atoms with Crippen molar-refractivity contribution in [3.8, 4) is 5.75 Å². The van der Waals surface area contributed by atoms with Crippen LogP contribution < -0.4 is 4.74 Å². The van der Waals surface area contributed by atoms with Crippen LogP contribution in [0.1, 0.15) is 23.3 Å². The first-order valence-electron chi connectivity index (χ1n) is 8.31. The van der Waals surface area contributed by atoms with Crippen molar-refractivity contribution < 1.29 is 14.3 Å². The smallest absolute Gasteiger partial charge is 0.254 e. The van der Waals surface area contributed by atoms with Crippen LogP contribution in [0.2, 0.25) is 0 Å². The molecule has 132 valence electrons. The van der Waals surface area contributed by atoms with Gasteiger partial charge in [0.2, 0.25) is 5.91 Å². The highest BCUT2D eigenvalue weighted by Crippen LogP contribution is 2.17. The summed E-state index contributed by atoms with van der Waals surface area (Å²) in [7, 11) is 1.58. The normalized spacial score (nSPS) is 15.8. The zero-order valence-electron chi connectivity index (χ0n) is 14.5. The van der Waals surface area contributed by atoms with Gasteiger partial charge in [-0.1, -0.05) is 6.07 Å². The van der Waals surface area contributed by atoms with E-state index in [4.69, 9.17) is 4.74 Å². The van der Waals surface area contributed by atoms with Crippen LogP contribution in [0.3, 0.4) is 0 Å². The number of carbonyl (C=O) groups is 2. The van der Waals surface area contributed by atoms with Crippen molar-refractivity contribution >= 4 is 11.8 Å². The highest BCUT2D eigenvalue weighted by atomic mass is 16.5. The fourth-order valence-electron chi connectivity index (χ4n) is 2.96. The van der Waals surface area contributed by atoms with E-state index in [0.29, 0.717) is 37.5 Å². The molecule has 1 aromatic carbocycles. The zero-order chi connectivity index (χ0) is 17.8. The van der Waals surface area contributed by atoms with Crippen molar-refractivity contribution in [3.05, 3.63) is 48.3 Å². The molecule has 0 radical (unpaired) electrons. The minimum Gasteiger partial charge on any atom is -0.497 e. The third-order valence-electron chi connectivity index (χ3n) is 4.47. The van der Waals surface area contributed by atoms with E-state index in [0.717, 1.165) is 0 Å². The number of piperazine rings is 1. The quantitative estimate of drug-likeness (QED) is 0.843. The molecule has 2 amide bonds. The third-order valence-corrected chi connectivity index (χ3v) is 4.47. The molecule has 2 aromatic rings. The Morgan fingerprint density at radius 3 is 2.48 bits per heavy atom. The van der Waals surface area contributed by atoms with E-state index < -0.39 is 0 Å². The largest absolute Gasteiger partial charge is 0.497 e. The predicted molar refractivity (Wildman–Crippen MR) is 92.4 cm³/mol. The number of hydrogen-bond donors (Lipinski definition) is 0. The molecule has 1 saturated heterocycles. The van der Waals surface area contributed by atoms with E-state index in [1.807, 2.05) is 13.0 Å². The van der Waals surface area contributed by atoms with Crippen LogP contribution in [-0.2, 0) is 4.79 Å². The first-order chi connectivity index (χ1) is 12.1. The Hall–Kier alpha value is -2.83. The molecule has 3 rings (SSSR count). The highest BCUT2D eigenvalue weighted by molar-refractivity contribution is 5.94. The van der Waals surface area contributed by atoms with E-state index in [9.17, 15) is 9.59 Å². The molecule has 0 bridgehead atoms. The zero-order valence-corrected chi connectivity index (χ0v) is 14.5. The van der Waals surface area contributed by atoms with E-state index in [2.05, 4.69) is 5.10 Å². The van der Waals surface area contributed by atoms with Crippen molar-refractivity contribution in [2.24, 2.45) is 0 Å². The van der Waals surface area contributed by atoms with Gasteiger partial charge in [0.25, 0.3) is 5.91 Å². The van der Waals surface area contributed by atoms with E-state index in [1.54, 1.807) is 58.3 Å². The average molecular weight is 342 g/mol. The number of amides is 2. The Balaban J connectivity index is 1.59. The molecule has 1 aliphatic rings. The van der Waals surface area contributed by atoms with Crippen LogP contribution in [0, 0.1) is 0 Å². The molecule has 1 aromatic heterocycles. The van der Waals surface area contributed by atoms with E-state index in [1.165, 1.54) is 0 Å². The summed E-state index contributed by atoms with van der Waals surface area (Å²) in [6, 6.07) is 8.59. The van der Waals surface area contributed by atoms with Gasteiger partial charge in [0.1, 0.15) is 11.8 Å². The van der Waals surface area contributed by atoms with Crippen LogP contribution >= 0.6 is 0 Å². The summed E-state index contributed by atoms with van der Waals surface area (Å²) in [5, 5.41) is 4.12. The topological polar surface area (TPSA) is 67.7 Å². The van der Waals surface area contributed by atoms with Gasteiger partial charge in [-0.25, -0.2) is 0 Å². The molecule has 1 aliphatic heterocycles. The molecule has 0 spiro atoms. The molecule has 0 saturated carbocycles. The summed E-state index contributed by atoms with van der Waals surface area (Å²) in [6.45, 7) is 3.94. The number of methoxy groups -OCH3 is 1. The minimum absolute atomic E-state index is 0.0252. The molecule has 0 unspecified atom stereocenters. The van der Waals surface area contributed by atoms with Crippen LogP contribution in [0.25, 0.3) is 0 Å². The van der Waals surface area contributed by atoms with Gasteiger partial charge < -0.3 is 14.5 Å². The van der Waals surface area contributed by atoms with Crippen LogP contribution in [-0.4, -0.2) is 64.7 Å². The lowest BCUT2D eigenvalue weighted by molar-refractivity contribution is -0.136. The SMILES string of the molecule is COc1cccc(C(=O)N2CCN(C(=O)[C@@H](C)n3cccn3)CC2)c1. The van der Waals surface area contributed by atoms with Gasteiger partial charge >= 0.3 is 0 Å². The van der Waals surface area contributed by atoms with Crippen LogP contribution in [0.15, 0.2) is 42.7 Å². The summed E-state index contributed by atoms with van der Waals surface area (Å²) in [4.78, 5) is 28.8. The van der Waals surface area contributed by atoms with E-state index >= 15 is 0 Å². The van der Waals surface area contributed by atoms with Crippen LogP contribution in [0.5, 0.6) is 5.75 Å². The minimum atomic E-state index is -0.337. The second-order valence-electron chi connectivity index (χ2n) is 6.01. The maximum Gasteiger partial charge on any atom is 0.254 e. The average Bonchev–Trinajstić information content (AvgIpc) is 3.21.